The lowest BCUT2D eigenvalue weighted by Crippen LogP contribution is -2.47. The second-order valence-electron chi connectivity index (χ2n) is 6.80. The Morgan fingerprint density at radius 1 is 1.29 bits per heavy atom. The standard InChI is InChI=1S/C18H21ClN4O/c19-17-4-2-1-3-12(17)10-23-11-13(9-20-23)18(24)22-16-7-14-5-6-15(8-16)21-14/h1-4,9,11,14-16,21H,5-8,10H2,(H,22,24). The summed E-state index contributed by atoms with van der Waals surface area (Å²) >= 11 is 6.18. The third-order valence-corrected chi connectivity index (χ3v) is 5.36. The molecule has 2 fully saturated rings. The van der Waals surface area contributed by atoms with Crippen LogP contribution in [-0.2, 0) is 6.54 Å². The summed E-state index contributed by atoms with van der Waals surface area (Å²) in [5.41, 5.74) is 1.59. The number of hydrogen-bond acceptors (Lipinski definition) is 3. The summed E-state index contributed by atoms with van der Waals surface area (Å²) in [4.78, 5) is 12.5. The summed E-state index contributed by atoms with van der Waals surface area (Å²) < 4.78 is 1.75. The predicted molar refractivity (Wildman–Crippen MR) is 93.2 cm³/mol. The molecule has 1 amide bonds. The van der Waals surface area contributed by atoms with Crippen LogP contribution < -0.4 is 10.6 Å². The largest absolute Gasteiger partial charge is 0.349 e. The van der Waals surface area contributed by atoms with Gasteiger partial charge in [-0.1, -0.05) is 29.8 Å². The van der Waals surface area contributed by atoms with Crippen molar-refractivity contribution in [2.24, 2.45) is 0 Å². The van der Waals surface area contributed by atoms with Crippen LogP contribution in [0.1, 0.15) is 41.6 Å². The summed E-state index contributed by atoms with van der Waals surface area (Å²) in [6, 6.07) is 9.08. The molecule has 1 aromatic carbocycles. The molecule has 2 N–H and O–H groups in total. The zero-order valence-corrected chi connectivity index (χ0v) is 14.2. The Hall–Kier alpha value is -1.85. The smallest absolute Gasteiger partial charge is 0.254 e. The Bertz CT molecular complexity index is 732. The maximum atomic E-state index is 12.5. The van der Waals surface area contributed by atoms with Crippen molar-refractivity contribution in [2.45, 2.75) is 50.4 Å². The molecule has 0 radical (unpaired) electrons. The van der Waals surface area contributed by atoms with Gasteiger partial charge in [-0.2, -0.15) is 5.10 Å². The molecule has 3 heterocycles. The second-order valence-corrected chi connectivity index (χ2v) is 7.20. The van der Waals surface area contributed by atoms with Crippen LogP contribution in [0.2, 0.25) is 5.02 Å². The van der Waals surface area contributed by atoms with E-state index in [9.17, 15) is 4.79 Å². The molecule has 2 bridgehead atoms. The highest BCUT2D eigenvalue weighted by Gasteiger charge is 2.34. The number of rotatable bonds is 4. The molecular formula is C18H21ClN4O. The van der Waals surface area contributed by atoms with Crippen molar-refractivity contribution in [3.8, 4) is 0 Å². The fraction of sp³-hybridized carbons (Fsp3) is 0.444. The number of benzene rings is 1. The van der Waals surface area contributed by atoms with Crippen molar-refractivity contribution in [2.75, 3.05) is 0 Å². The number of carbonyl (C=O) groups excluding carboxylic acids is 1. The zero-order chi connectivity index (χ0) is 16.5. The van der Waals surface area contributed by atoms with Crippen molar-refractivity contribution >= 4 is 17.5 Å². The molecule has 1 aromatic heterocycles. The van der Waals surface area contributed by atoms with Gasteiger partial charge in [-0.05, 0) is 37.3 Å². The highest BCUT2D eigenvalue weighted by Crippen LogP contribution is 2.27. The van der Waals surface area contributed by atoms with Gasteiger partial charge in [0.1, 0.15) is 0 Å². The monoisotopic (exact) mass is 344 g/mol. The third kappa shape index (κ3) is 3.32. The first-order valence-corrected chi connectivity index (χ1v) is 8.88. The Morgan fingerprint density at radius 3 is 2.79 bits per heavy atom. The Kier molecular flexibility index (Phi) is 4.29. The van der Waals surface area contributed by atoms with Crippen LogP contribution in [0.3, 0.4) is 0 Å². The van der Waals surface area contributed by atoms with Crippen molar-refractivity contribution in [3.63, 3.8) is 0 Å². The number of hydrogen-bond donors (Lipinski definition) is 2. The van der Waals surface area contributed by atoms with Crippen LogP contribution in [0.4, 0.5) is 0 Å². The average Bonchev–Trinajstić information content (AvgIpc) is 3.16. The molecule has 5 nitrogen and oxygen atoms in total. The van der Waals surface area contributed by atoms with Crippen LogP contribution in [-0.4, -0.2) is 33.8 Å². The van der Waals surface area contributed by atoms with Crippen LogP contribution in [0.25, 0.3) is 0 Å². The van der Waals surface area contributed by atoms with E-state index >= 15 is 0 Å². The van der Waals surface area contributed by atoms with Gasteiger partial charge in [-0.25, -0.2) is 0 Å². The molecule has 0 saturated carbocycles. The van der Waals surface area contributed by atoms with Gasteiger partial charge in [-0.3, -0.25) is 9.48 Å². The van der Waals surface area contributed by atoms with Crippen LogP contribution >= 0.6 is 11.6 Å². The summed E-state index contributed by atoms with van der Waals surface area (Å²) in [6.07, 6.45) is 7.92. The van der Waals surface area contributed by atoms with E-state index in [4.69, 9.17) is 11.6 Å². The molecule has 6 heteroatoms. The van der Waals surface area contributed by atoms with Gasteiger partial charge in [0.05, 0.1) is 18.3 Å². The zero-order valence-electron chi connectivity index (χ0n) is 13.4. The van der Waals surface area contributed by atoms with E-state index in [1.54, 1.807) is 17.1 Å². The maximum absolute atomic E-state index is 12.5. The lowest BCUT2D eigenvalue weighted by atomic mass is 9.99. The van der Waals surface area contributed by atoms with Crippen molar-refractivity contribution in [1.29, 1.82) is 0 Å². The molecule has 0 aliphatic carbocycles. The fourth-order valence-electron chi connectivity index (χ4n) is 3.81. The first-order valence-electron chi connectivity index (χ1n) is 8.50. The van der Waals surface area contributed by atoms with E-state index in [0.29, 0.717) is 29.2 Å². The number of aromatic nitrogens is 2. The van der Waals surface area contributed by atoms with E-state index in [2.05, 4.69) is 15.7 Å². The third-order valence-electron chi connectivity index (χ3n) is 4.99. The predicted octanol–water partition coefficient (Wildman–Crippen LogP) is 2.60. The first-order chi connectivity index (χ1) is 11.7. The van der Waals surface area contributed by atoms with Gasteiger partial charge in [0.2, 0.25) is 0 Å². The van der Waals surface area contributed by atoms with E-state index in [1.807, 2.05) is 24.3 Å². The molecule has 2 unspecified atom stereocenters. The highest BCUT2D eigenvalue weighted by atomic mass is 35.5. The topological polar surface area (TPSA) is 59.0 Å². The molecule has 0 spiro atoms. The van der Waals surface area contributed by atoms with Gasteiger partial charge >= 0.3 is 0 Å². The molecule has 2 saturated heterocycles. The molecule has 2 aliphatic rings. The van der Waals surface area contributed by atoms with Gasteiger partial charge in [0.15, 0.2) is 0 Å². The Balaban J connectivity index is 1.39. The van der Waals surface area contributed by atoms with Crippen LogP contribution in [0.15, 0.2) is 36.7 Å². The van der Waals surface area contributed by atoms with Crippen molar-refractivity contribution in [3.05, 3.63) is 52.8 Å². The summed E-state index contributed by atoms with van der Waals surface area (Å²) in [5.74, 6) is -0.0355. The van der Waals surface area contributed by atoms with Crippen LogP contribution in [0, 0.1) is 0 Å². The van der Waals surface area contributed by atoms with E-state index in [0.717, 1.165) is 18.4 Å². The van der Waals surface area contributed by atoms with E-state index < -0.39 is 0 Å². The lowest BCUT2D eigenvalue weighted by Gasteiger charge is -2.29. The highest BCUT2D eigenvalue weighted by molar-refractivity contribution is 6.31. The molecular weight excluding hydrogens is 324 g/mol. The number of nitrogens with one attached hydrogen (secondary N) is 2. The molecule has 2 atom stereocenters. The number of piperidine rings is 1. The molecule has 126 valence electrons. The Morgan fingerprint density at radius 2 is 2.04 bits per heavy atom. The van der Waals surface area contributed by atoms with Gasteiger partial charge in [-0.15, -0.1) is 0 Å². The summed E-state index contributed by atoms with van der Waals surface area (Å²) in [5, 5.41) is 11.8. The number of carbonyl (C=O) groups is 1. The summed E-state index contributed by atoms with van der Waals surface area (Å²) in [6.45, 7) is 0.560. The first kappa shape index (κ1) is 15.7. The minimum absolute atomic E-state index is 0.0355. The molecule has 24 heavy (non-hydrogen) atoms. The van der Waals surface area contributed by atoms with Gasteiger partial charge in [0, 0.05) is 29.3 Å². The van der Waals surface area contributed by atoms with Gasteiger partial charge < -0.3 is 10.6 Å². The molecule has 4 rings (SSSR count). The minimum atomic E-state index is -0.0355. The molecule has 2 aromatic rings. The maximum Gasteiger partial charge on any atom is 0.254 e. The number of nitrogens with zero attached hydrogens (tertiary/aromatic N) is 2. The average molecular weight is 345 g/mol. The Labute approximate surface area is 146 Å². The lowest BCUT2D eigenvalue weighted by molar-refractivity contribution is 0.0924. The van der Waals surface area contributed by atoms with Crippen molar-refractivity contribution < 1.29 is 4.79 Å². The van der Waals surface area contributed by atoms with Gasteiger partial charge in [0.25, 0.3) is 5.91 Å². The minimum Gasteiger partial charge on any atom is -0.349 e. The fourth-order valence-corrected chi connectivity index (χ4v) is 4.01. The van der Waals surface area contributed by atoms with E-state index in [-0.39, 0.29) is 11.9 Å². The second kappa shape index (κ2) is 6.57. The normalized spacial score (nSPS) is 25.6. The summed E-state index contributed by atoms with van der Waals surface area (Å²) in [7, 11) is 0. The number of fused-ring (bicyclic) bond motifs is 2. The number of halogens is 1. The van der Waals surface area contributed by atoms with Crippen LogP contribution in [0.5, 0.6) is 0 Å². The quantitative estimate of drug-likeness (QED) is 0.896. The van der Waals surface area contributed by atoms with Crippen molar-refractivity contribution in [1.82, 2.24) is 20.4 Å². The molecule has 2 aliphatic heterocycles. The SMILES string of the molecule is O=C(NC1CC2CCC(C1)N2)c1cnn(Cc2ccccc2Cl)c1. The van der Waals surface area contributed by atoms with E-state index in [1.165, 1.54) is 12.8 Å². The number of amides is 1.